The van der Waals surface area contributed by atoms with Crippen molar-refractivity contribution in [1.29, 1.82) is 0 Å². The van der Waals surface area contributed by atoms with E-state index in [0.717, 1.165) is 53.3 Å². The Balaban J connectivity index is 1.60. The molecule has 0 saturated carbocycles. The summed E-state index contributed by atoms with van der Waals surface area (Å²) in [4.78, 5) is 0. The Morgan fingerprint density at radius 2 is 1.85 bits per heavy atom. The van der Waals surface area contributed by atoms with Gasteiger partial charge in [-0.05, 0) is 67.8 Å². The number of hydroxylamine groups is 1. The fourth-order valence-electron chi connectivity index (χ4n) is 3.76. The summed E-state index contributed by atoms with van der Waals surface area (Å²) in [6.07, 6.45) is 4.94. The Kier molecular flexibility index (Phi) is 9.55. The second-order valence-electron chi connectivity index (χ2n) is 8.24. The third-order valence-electron chi connectivity index (χ3n) is 5.59. The molecule has 6 heteroatoms. The minimum Gasteiger partial charge on any atom is -0.369 e. The number of nitrogens with one attached hydrogen (secondary N) is 4. The summed E-state index contributed by atoms with van der Waals surface area (Å²) in [6, 6.07) is 16.2. The molecule has 174 valence electrons. The average molecular weight is 446 g/mol. The molecule has 3 rings (SSSR count). The molecule has 1 aliphatic heterocycles. The third kappa shape index (κ3) is 7.77. The number of benzene rings is 2. The first kappa shape index (κ1) is 24.6. The van der Waals surface area contributed by atoms with Gasteiger partial charge in [0.05, 0.1) is 12.7 Å². The lowest BCUT2D eigenvalue weighted by Gasteiger charge is -2.25. The summed E-state index contributed by atoms with van der Waals surface area (Å²) in [5.74, 6) is 6.94. The largest absolute Gasteiger partial charge is 0.369 e. The quantitative estimate of drug-likeness (QED) is 0.201. The van der Waals surface area contributed by atoms with Crippen molar-refractivity contribution in [3.8, 4) is 11.8 Å². The molecule has 33 heavy (non-hydrogen) atoms. The molecule has 1 saturated heterocycles. The zero-order valence-electron chi connectivity index (χ0n) is 19.3. The van der Waals surface area contributed by atoms with Gasteiger partial charge in [-0.3, -0.25) is 0 Å². The summed E-state index contributed by atoms with van der Waals surface area (Å²) in [6.45, 7) is 8.64. The molecular formula is C27H35N5O. The van der Waals surface area contributed by atoms with Crippen molar-refractivity contribution < 1.29 is 5.21 Å². The summed E-state index contributed by atoms with van der Waals surface area (Å²) < 4.78 is 0. The minimum atomic E-state index is -0.388. The first-order chi connectivity index (χ1) is 16.1. The topological polar surface area (TPSA) is 94.4 Å². The van der Waals surface area contributed by atoms with Gasteiger partial charge >= 0.3 is 0 Å². The molecule has 1 aliphatic rings. The highest BCUT2D eigenvalue weighted by Crippen LogP contribution is 2.21. The normalized spacial score (nSPS) is 16.9. The SMILES string of the molecule is C=C(Nc1ccc(C#Cc2ccc(/C(=C\CC)NC(N)CNO)cc2)cc1)C1CCCNC1. The smallest absolute Gasteiger partial charge is 0.0894 e. The van der Waals surface area contributed by atoms with E-state index in [9.17, 15) is 0 Å². The molecule has 2 aromatic carbocycles. The third-order valence-corrected chi connectivity index (χ3v) is 5.59. The van der Waals surface area contributed by atoms with Crippen LogP contribution in [-0.4, -0.2) is 31.0 Å². The molecular weight excluding hydrogens is 410 g/mol. The standard InChI is InChI=1S/C27H35N5O/c1-3-5-26(32-27(28)19-30-33)23-13-9-21(10-14-23)7-8-22-11-15-25(16-12-22)31-20(2)24-6-4-17-29-18-24/h5,9-16,24,27,29-33H,2-4,6,17-19,28H2,1H3/b26-5+. The lowest BCUT2D eigenvalue weighted by molar-refractivity contribution is 0.158. The molecule has 0 spiro atoms. The van der Waals surface area contributed by atoms with E-state index < -0.39 is 0 Å². The average Bonchev–Trinajstić information content (AvgIpc) is 2.84. The first-order valence-electron chi connectivity index (χ1n) is 11.6. The van der Waals surface area contributed by atoms with E-state index in [1.54, 1.807) is 0 Å². The molecule has 0 aromatic heterocycles. The number of anilines is 1. The number of rotatable bonds is 9. The minimum absolute atomic E-state index is 0.255. The Labute approximate surface area is 197 Å². The second-order valence-corrected chi connectivity index (χ2v) is 8.24. The predicted octanol–water partition coefficient (Wildman–Crippen LogP) is 3.62. The first-order valence-corrected chi connectivity index (χ1v) is 11.6. The Hall–Kier alpha value is -3.08. The van der Waals surface area contributed by atoms with Crippen molar-refractivity contribution in [2.24, 2.45) is 11.7 Å². The summed E-state index contributed by atoms with van der Waals surface area (Å²) >= 11 is 0. The number of hydrogen-bond acceptors (Lipinski definition) is 6. The van der Waals surface area contributed by atoms with Gasteiger partial charge in [0.1, 0.15) is 0 Å². The maximum Gasteiger partial charge on any atom is 0.0894 e. The molecule has 0 radical (unpaired) electrons. The van der Waals surface area contributed by atoms with Crippen LogP contribution in [0.1, 0.15) is 42.9 Å². The molecule has 0 amide bonds. The highest BCUT2D eigenvalue weighted by atomic mass is 16.5. The van der Waals surface area contributed by atoms with E-state index >= 15 is 0 Å². The second kappa shape index (κ2) is 12.8. The Morgan fingerprint density at radius 1 is 1.18 bits per heavy atom. The molecule has 2 aromatic rings. The monoisotopic (exact) mass is 445 g/mol. The zero-order valence-corrected chi connectivity index (χ0v) is 19.3. The summed E-state index contributed by atoms with van der Waals surface area (Å²) in [5.41, 5.74) is 14.0. The number of hydrogen-bond donors (Lipinski definition) is 6. The number of allylic oxidation sites excluding steroid dienone is 1. The van der Waals surface area contributed by atoms with Crippen molar-refractivity contribution >= 4 is 11.4 Å². The van der Waals surface area contributed by atoms with Crippen LogP contribution in [0, 0.1) is 17.8 Å². The van der Waals surface area contributed by atoms with Crippen LogP contribution in [0.2, 0.25) is 0 Å². The molecule has 7 N–H and O–H groups in total. The van der Waals surface area contributed by atoms with Gasteiger partial charge in [-0.25, -0.2) is 5.48 Å². The fourth-order valence-corrected chi connectivity index (χ4v) is 3.76. The Morgan fingerprint density at radius 3 is 2.42 bits per heavy atom. The van der Waals surface area contributed by atoms with Crippen molar-refractivity contribution in [1.82, 2.24) is 16.1 Å². The Bertz CT molecular complexity index is 980. The molecule has 0 aliphatic carbocycles. The van der Waals surface area contributed by atoms with E-state index in [4.69, 9.17) is 10.9 Å². The molecule has 2 atom stereocenters. The van der Waals surface area contributed by atoms with Crippen LogP contribution < -0.4 is 27.2 Å². The van der Waals surface area contributed by atoms with E-state index in [2.05, 4.69) is 52.9 Å². The van der Waals surface area contributed by atoms with Crippen LogP contribution in [0.4, 0.5) is 5.69 Å². The molecule has 1 heterocycles. The predicted molar refractivity (Wildman–Crippen MR) is 136 cm³/mol. The highest BCUT2D eigenvalue weighted by molar-refractivity contribution is 5.65. The van der Waals surface area contributed by atoms with Crippen LogP contribution in [0.5, 0.6) is 0 Å². The van der Waals surface area contributed by atoms with E-state index in [1.807, 2.05) is 48.5 Å². The summed E-state index contributed by atoms with van der Waals surface area (Å²) in [5, 5.41) is 18.9. The maximum atomic E-state index is 8.83. The number of piperidine rings is 1. The molecule has 2 unspecified atom stereocenters. The van der Waals surface area contributed by atoms with Crippen LogP contribution in [0.15, 0.2) is 66.9 Å². The van der Waals surface area contributed by atoms with Crippen molar-refractivity contribution in [3.63, 3.8) is 0 Å². The molecule has 6 nitrogen and oxygen atoms in total. The van der Waals surface area contributed by atoms with E-state index in [-0.39, 0.29) is 12.7 Å². The summed E-state index contributed by atoms with van der Waals surface area (Å²) in [7, 11) is 0. The zero-order chi connectivity index (χ0) is 23.5. The van der Waals surface area contributed by atoms with E-state index in [0.29, 0.717) is 5.92 Å². The van der Waals surface area contributed by atoms with Crippen LogP contribution in [0.3, 0.4) is 0 Å². The van der Waals surface area contributed by atoms with E-state index in [1.165, 1.54) is 12.8 Å². The lowest BCUT2D eigenvalue weighted by Crippen LogP contribution is -2.43. The van der Waals surface area contributed by atoms with Gasteiger partial charge in [0.15, 0.2) is 0 Å². The van der Waals surface area contributed by atoms with Crippen LogP contribution >= 0.6 is 0 Å². The fraction of sp³-hybridized carbons (Fsp3) is 0.333. The van der Waals surface area contributed by atoms with Gasteiger partial charge in [0.25, 0.3) is 0 Å². The lowest BCUT2D eigenvalue weighted by atomic mass is 9.96. The molecule has 0 bridgehead atoms. The van der Waals surface area contributed by atoms with Gasteiger partial charge in [0, 0.05) is 40.7 Å². The number of nitrogens with two attached hydrogens (primary N) is 1. The van der Waals surface area contributed by atoms with Gasteiger partial charge in [-0.15, -0.1) is 0 Å². The van der Waals surface area contributed by atoms with Crippen LogP contribution in [-0.2, 0) is 0 Å². The van der Waals surface area contributed by atoms with Gasteiger partial charge in [-0.2, -0.15) is 0 Å². The maximum absolute atomic E-state index is 8.83. The van der Waals surface area contributed by atoms with Crippen molar-refractivity contribution in [2.75, 3.05) is 25.0 Å². The van der Waals surface area contributed by atoms with Gasteiger partial charge in [0.2, 0.25) is 0 Å². The molecule has 1 fully saturated rings. The van der Waals surface area contributed by atoms with Crippen molar-refractivity contribution in [3.05, 3.63) is 83.6 Å². The highest BCUT2D eigenvalue weighted by Gasteiger charge is 2.15. The van der Waals surface area contributed by atoms with Gasteiger partial charge < -0.3 is 26.9 Å². The van der Waals surface area contributed by atoms with Crippen LogP contribution in [0.25, 0.3) is 5.70 Å². The van der Waals surface area contributed by atoms with Crippen molar-refractivity contribution in [2.45, 2.75) is 32.4 Å². The van der Waals surface area contributed by atoms with Gasteiger partial charge in [-0.1, -0.05) is 43.6 Å².